The van der Waals surface area contributed by atoms with Gasteiger partial charge in [0.1, 0.15) is 0 Å². The summed E-state index contributed by atoms with van der Waals surface area (Å²) in [4.78, 5) is 13.2. The molecule has 1 aliphatic rings. The van der Waals surface area contributed by atoms with Gasteiger partial charge in [0.15, 0.2) is 6.54 Å². The van der Waals surface area contributed by atoms with Gasteiger partial charge in [-0.1, -0.05) is 12.5 Å². The predicted octanol–water partition coefficient (Wildman–Crippen LogP) is 0.253. The predicted molar refractivity (Wildman–Crippen MR) is 90.1 cm³/mol. The number of carbonyl (C=O) groups is 1. The van der Waals surface area contributed by atoms with E-state index in [1.54, 1.807) is 18.2 Å². The number of nitrogens with zero attached hydrogens (tertiary/aromatic N) is 1. The summed E-state index contributed by atoms with van der Waals surface area (Å²) in [6.45, 7) is 3.34. The molecule has 23 heavy (non-hydrogen) atoms. The summed E-state index contributed by atoms with van der Waals surface area (Å²) in [6, 6.07) is 4.93. The Kier molecular flexibility index (Phi) is 5.78. The number of quaternary nitrogens is 1. The molecule has 2 rings (SSSR count). The number of anilines is 1. The van der Waals surface area contributed by atoms with Crippen LogP contribution in [0.2, 0.25) is 0 Å². The van der Waals surface area contributed by atoms with Gasteiger partial charge in [0.25, 0.3) is 5.91 Å². The summed E-state index contributed by atoms with van der Waals surface area (Å²) in [5.41, 5.74) is 1.42. The molecular formula is C16H26N3O3S+. The minimum atomic E-state index is -3.48. The van der Waals surface area contributed by atoms with Crippen molar-refractivity contribution in [1.82, 2.24) is 4.31 Å². The maximum Gasteiger partial charge on any atom is 0.279 e. The van der Waals surface area contributed by atoms with Crippen LogP contribution in [0.15, 0.2) is 23.1 Å². The van der Waals surface area contributed by atoms with E-state index >= 15 is 0 Å². The molecule has 1 saturated heterocycles. The molecule has 0 atom stereocenters. The number of hydrogen-bond donors (Lipinski definition) is 2. The lowest BCUT2D eigenvalue weighted by Crippen LogP contribution is -3.06. The van der Waals surface area contributed by atoms with Gasteiger partial charge in [0.05, 0.1) is 19.0 Å². The topological polar surface area (TPSA) is 70.9 Å². The third-order valence-electron chi connectivity index (χ3n) is 3.95. The molecule has 0 aromatic heterocycles. The highest BCUT2D eigenvalue weighted by molar-refractivity contribution is 7.89. The number of likely N-dealkylation sites (N-methyl/N-ethyl adjacent to an activating group) is 1. The molecule has 1 heterocycles. The first-order valence-electron chi connectivity index (χ1n) is 8.00. The van der Waals surface area contributed by atoms with Crippen LogP contribution in [0.1, 0.15) is 24.8 Å². The Balaban J connectivity index is 2.23. The van der Waals surface area contributed by atoms with Gasteiger partial charge >= 0.3 is 0 Å². The maximum atomic E-state index is 12.7. The van der Waals surface area contributed by atoms with Crippen molar-refractivity contribution in [3.8, 4) is 0 Å². The SMILES string of the molecule is Cc1ccc(S(=O)(=O)N2CCCCC2)cc1NC(=O)C[NH+](C)C. The average molecular weight is 340 g/mol. The molecule has 6 nitrogen and oxygen atoms in total. The lowest BCUT2D eigenvalue weighted by atomic mass is 10.2. The largest absolute Gasteiger partial charge is 0.332 e. The monoisotopic (exact) mass is 340 g/mol. The normalized spacial score (nSPS) is 16.5. The van der Waals surface area contributed by atoms with Gasteiger partial charge in [-0.3, -0.25) is 4.79 Å². The number of benzene rings is 1. The Labute approximate surface area is 138 Å². The van der Waals surface area contributed by atoms with Crippen molar-refractivity contribution in [2.24, 2.45) is 0 Å². The van der Waals surface area contributed by atoms with E-state index < -0.39 is 10.0 Å². The van der Waals surface area contributed by atoms with Gasteiger partial charge < -0.3 is 10.2 Å². The first kappa shape index (κ1) is 17.9. The van der Waals surface area contributed by atoms with Gasteiger partial charge in [-0.15, -0.1) is 0 Å². The zero-order chi connectivity index (χ0) is 17.0. The molecule has 0 spiro atoms. The van der Waals surface area contributed by atoms with Crippen LogP contribution in [0.5, 0.6) is 0 Å². The fourth-order valence-corrected chi connectivity index (χ4v) is 4.21. The third kappa shape index (κ3) is 4.53. The highest BCUT2D eigenvalue weighted by Gasteiger charge is 2.26. The number of nitrogens with one attached hydrogen (secondary N) is 2. The molecule has 0 radical (unpaired) electrons. The van der Waals surface area contributed by atoms with Gasteiger partial charge in [0.2, 0.25) is 10.0 Å². The van der Waals surface area contributed by atoms with E-state index in [0.29, 0.717) is 25.3 Å². The summed E-state index contributed by atoms with van der Waals surface area (Å²) in [6.07, 6.45) is 2.88. The molecule has 7 heteroatoms. The van der Waals surface area contributed by atoms with E-state index in [9.17, 15) is 13.2 Å². The molecule has 0 aliphatic carbocycles. The van der Waals surface area contributed by atoms with E-state index in [-0.39, 0.29) is 10.8 Å². The second-order valence-corrected chi connectivity index (χ2v) is 8.31. The van der Waals surface area contributed by atoms with E-state index in [1.807, 2.05) is 21.0 Å². The Morgan fingerprint density at radius 3 is 2.48 bits per heavy atom. The standard InChI is InChI=1S/C16H25N3O3S/c1-13-7-8-14(11-15(13)17-16(20)12-18(2)3)23(21,22)19-9-5-4-6-10-19/h7-8,11H,4-6,9-10,12H2,1-3H3,(H,17,20)/p+1. The summed E-state index contributed by atoms with van der Waals surface area (Å²) >= 11 is 0. The van der Waals surface area contributed by atoms with Crippen LogP contribution in [0, 0.1) is 6.92 Å². The highest BCUT2D eigenvalue weighted by Crippen LogP contribution is 2.25. The maximum absolute atomic E-state index is 12.7. The first-order chi connectivity index (χ1) is 10.8. The number of sulfonamides is 1. The summed E-state index contributed by atoms with van der Waals surface area (Å²) < 4.78 is 27.0. The lowest BCUT2D eigenvalue weighted by molar-refractivity contribution is -0.849. The van der Waals surface area contributed by atoms with Crippen LogP contribution in [0.4, 0.5) is 5.69 Å². The van der Waals surface area contributed by atoms with Gasteiger partial charge in [-0.05, 0) is 37.5 Å². The zero-order valence-electron chi connectivity index (χ0n) is 14.1. The first-order valence-corrected chi connectivity index (χ1v) is 9.44. The number of rotatable bonds is 5. The van der Waals surface area contributed by atoms with Crippen molar-refractivity contribution >= 4 is 21.6 Å². The molecule has 1 aromatic carbocycles. The summed E-state index contributed by atoms with van der Waals surface area (Å²) in [5, 5.41) is 2.81. The third-order valence-corrected chi connectivity index (χ3v) is 5.84. The van der Waals surface area contributed by atoms with Crippen molar-refractivity contribution in [3.05, 3.63) is 23.8 Å². The molecule has 0 saturated carbocycles. The van der Waals surface area contributed by atoms with Crippen LogP contribution >= 0.6 is 0 Å². The minimum Gasteiger partial charge on any atom is -0.332 e. The Bertz CT molecular complexity index is 665. The molecular weight excluding hydrogens is 314 g/mol. The number of carbonyl (C=O) groups excluding carboxylic acids is 1. The smallest absolute Gasteiger partial charge is 0.279 e. The van der Waals surface area contributed by atoms with Crippen molar-refractivity contribution in [2.45, 2.75) is 31.1 Å². The summed E-state index contributed by atoms with van der Waals surface area (Å²) in [7, 11) is 0.302. The second kappa shape index (κ2) is 7.42. The number of aryl methyl sites for hydroxylation is 1. The van der Waals surface area contributed by atoms with Crippen molar-refractivity contribution in [1.29, 1.82) is 0 Å². The van der Waals surface area contributed by atoms with Crippen molar-refractivity contribution in [2.75, 3.05) is 39.0 Å². The van der Waals surface area contributed by atoms with Crippen LogP contribution in [0.3, 0.4) is 0 Å². The molecule has 1 fully saturated rings. The Morgan fingerprint density at radius 1 is 1.22 bits per heavy atom. The zero-order valence-corrected chi connectivity index (χ0v) is 14.9. The van der Waals surface area contributed by atoms with Crippen LogP contribution in [0.25, 0.3) is 0 Å². The highest BCUT2D eigenvalue weighted by atomic mass is 32.2. The molecule has 1 amide bonds. The van der Waals surface area contributed by atoms with Crippen LogP contribution < -0.4 is 10.2 Å². The molecule has 1 aliphatic heterocycles. The number of piperidine rings is 1. The fourth-order valence-electron chi connectivity index (χ4n) is 2.67. The fraction of sp³-hybridized carbons (Fsp3) is 0.562. The lowest BCUT2D eigenvalue weighted by Gasteiger charge is -2.26. The van der Waals surface area contributed by atoms with E-state index in [2.05, 4.69) is 5.32 Å². The van der Waals surface area contributed by atoms with E-state index in [4.69, 9.17) is 0 Å². The van der Waals surface area contributed by atoms with Crippen molar-refractivity contribution in [3.63, 3.8) is 0 Å². The average Bonchev–Trinajstić information content (AvgIpc) is 2.49. The van der Waals surface area contributed by atoms with Crippen molar-refractivity contribution < 1.29 is 18.1 Å². The quantitative estimate of drug-likeness (QED) is 0.807. The minimum absolute atomic E-state index is 0.124. The molecule has 128 valence electrons. The van der Waals surface area contributed by atoms with Gasteiger partial charge in [-0.2, -0.15) is 4.31 Å². The van der Waals surface area contributed by atoms with Crippen LogP contribution in [-0.2, 0) is 14.8 Å². The molecule has 0 bridgehead atoms. The van der Waals surface area contributed by atoms with E-state index in [0.717, 1.165) is 29.7 Å². The summed E-state index contributed by atoms with van der Waals surface area (Å²) in [5.74, 6) is -0.124. The Morgan fingerprint density at radius 2 is 1.87 bits per heavy atom. The number of hydrogen-bond acceptors (Lipinski definition) is 3. The second-order valence-electron chi connectivity index (χ2n) is 6.37. The van der Waals surface area contributed by atoms with E-state index in [1.165, 1.54) is 4.31 Å². The Hall–Kier alpha value is -1.44. The molecule has 1 aromatic rings. The molecule has 0 unspecified atom stereocenters. The van der Waals surface area contributed by atoms with Gasteiger partial charge in [0, 0.05) is 18.8 Å². The van der Waals surface area contributed by atoms with Gasteiger partial charge in [-0.25, -0.2) is 8.42 Å². The van der Waals surface area contributed by atoms with Crippen LogP contribution in [-0.4, -0.2) is 52.4 Å². The molecule has 2 N–H and O–H groups in total. The number of amides is 1.